The Kier molecular flexibility index (Phi) is 4.98. The number of hydrogen-bond donors (Lipinski definition) is 3. The second-order valence-electron chi connectivity index (χ2n) is 8.46. The zero-order chi connectivity index (χ0) is 21.4. The van der Waals surface area contributed by atoms with Crippen molar-refractivity contribution in [2.75, 3.05) is 11.9 Å². The molecule has 158 valence electrons. The molecule has 3 aromatic rings. The van der Waals surface area contributed by atoms with E-state index in [-0.39, 0.29) is 29.9 Å². The number of benzene rings is 2. The van der Waals surface area contributed by atoms with Crippen molar-refractivity contribution in [3.8, 4) is 0 Å². The summed E-state index contributed by atoms with van der Waals surface area (Å²) in [6.45, 7) is 2.68. The van der Waals surface area contributed by atoms with Crippen molar-refractivity contribution in [3.05, 3.63) is 89.2 Å². The second-order valence-corrected chi connectivity index (χ2v) is 8.46. The molecule has 3 unspecified atom stereocenters. The molecule has 0 bridgehead atoms. The normalized spacial score (nSPS) is 22.5. The van der Waals surface area contributed by atoms with Crippen molar-refractivity contribution in [2.45, 2.75) is 32.0 Å². The van der Waals surface area contributed by atoms with Gasteiger partial charge in [0.1, 0.15) is 11.9 Å². The van der Waals surface area contributed by atoms with Gasteiger partial charge in [0, 0.05) is 18.3 Å². The summed E-state index contributed by atoms with van der Waals surface area (Å²) in [5.74, 6) is 0.100. The van der Waals surface area contributed by atoms with Crippen LogP contribution in [0, 0.1) is 12.8 Å². The molecule has 6 nitrogen and oxygen atoms in total. The number of amides is 2. The number of aromatic nitrogens is 1. The van der Waals surface area contributed by atoms with Gasteiger partial charge in [-0.05, 0) is 49.4 Å². The minimum Gasteiger partial charge on any atom is -0.362 e. The number of aromatic amines is 1. The fraction of sp³-hybridized carbons (Fsp3) is 0.280. The molecule has 3 N–H and O–H groups in total. The fourth-order valence-electron chi connectivity index (χ4n) is 4.84. The lowest BCUT2D eigenvalue weighted by atomic mass is 9.90. The maximum atomic E-state index is 13.5. The lowest BCUT2D eigenvalue weighted by molar-refractivity contribution is 0.0666. The highest BCUT2D eigenvalue weighted by Gasteiger charge is 2.44. The molecule has 0 spiro atoms. The van der Waals surface area contributed by atoms with E-state index in [1.54, 1.807) is 6.20 Å². The maximum absolute atomic E-state index is 13.5. The van der Waals surface area contributed by atoms with Gasteiger partial charge in [-0.3, -0.25) is 9.59 Å². The SMILES string of the molecule is Cc1ccc(C(=O)N2CCC(Cc3ccccc3)C2C2NC(=O)c3[nH]ccc3N2)cc1. The van der Waals surface area contributed by atoms with Crippen LogP contribution < -0.4 is 10.6 Å². The number of anilines is 1. The number of rotatable bonds is 4. The first kappa shape index (κ1) is 19.4. The molecule has 2 aliphatic heterocycles. The van der Waals surface area contributed by atoms with Gasteiger partial charge < -0.3 is 20.5 Å². The average molecular weight is 415 g/mol. The van der Waals surface area contributed by atoms with E-state index in [2.05, 4.69) is 27.8 Å². The quantitative estimate of drug-likeness (QED) is 0.611. The number of carbonyl (C=O) groups excluding carboxylic acids is 2. The fourth-order valence-corrected chi connectivity index (χ4v) is 4.84. The first-order chi connectivity index (χ1) is 15.1. The molecule has 2 aliphatic rings. The van der Waals surface area contributed by atoms with Gasteiger partial charge in [-0.1, -0.05) is 48.0 Å². The van der Waals surface area contributed by atoms with Crippen LogP contribution in [0.1, 0.15) is 38.4 Å². The zero-order valence-corrected chi connectivity index (χ0v) is 17.5. The summed E-state index contributed by atoms with van der Waals surface area (Å²) in [7, 11) is 0. The molecule has 1 saturated heterocycles. The van der Waals surface area contributed by atoms with Gasteiger partial charge in [0.25, 0.3) is 11.8 Å². The van der Waals surface area contributed by atoms with Crippen molar-refractivity contribution >= 4 is 17.5 Å². The van der Waals surface area contributed by atoms with E-state index >= 15 is 0 Å². The highest BCUT2D eigenvalue weighted by atomic mass is 16.2. The predicted octanol–water partition coefficient (Wildman–Crippen LogP) is 3.58. The Balaban J connectivity index is 1.46. The molecule has 1 fully saturated rings. The van der Waals surface area contributed by atoms with Gasteiger partial charge in [0.2, 0.25) is 0 Å². The predicted molar refractivity (Wildman–Crippen MR) is 120 cm³/mol. The maximum Gasteiger partial charge on any atom is 0.271 e. The summed E-state index contributed by atoms with van der Waals surface area (Å²) in [6, 6.07) is 19.8. The summed E-state index contributed by atoms with van der Waals surface area (Å²) >= 11 is 0. The van der Waals surface area contributed by atoms with Crippen LogP contribution in [-0.4, -0.2) is 40.5 Å². The minimum absolute atomic E-state index is 0.0106. The smallest absolute Gasteiger partial charge is 0.271 e. The van der Waals surface area contributed by atoms with Crippen LogP contribution in [0.3, 0.4) is 0 Å². The van der Waals surface area contributed by atoms with Crippen LogP contribution >= 0.6 is 0 Å². The molecule has 5 rings (SSSR count). The molecule has 2 aromatic carbocycles. The molecule has 31 heavy (non-hydrogen) atoms. The van der Waals surface area contributed by atoms with Crippen molar-refractivity contribution in [1.29, 1.82) is 0 Å². The molecule has 1 aromatic heterocycles. The van der Waals surface area contributed by atoms with E-state index in [4.69, 9.17) is 0 Å². The second kappa shape index (κ2) is 7.95. The summed E-state index contributed by atoms with van der Waals surface area (Å²) in [5, 5.41) is 6.54. The summed E-state index contributed by atoms with van der Waals surface area (Å²) in [5.41, 5.74) is 4.36. The van der Waals surface area contributed by atoms with Gasteiger partial charge in [0.05, 0.1) is 11.7 Å². The van der Waals surface area contributed by atoms with Crippen molar-refractivity contribution < 1.29 is 9.59 Å². The Morgan fingerprint density at radius 1 is 1.03 bits per heavy atom. The van der Waals surface area contributed by atoms with Gasteiger partial charge in [-0.15, -0.1) is 0 Å². The van der Waals surface area contributed by atoms with E-state index < -0.39 is 0 Å². The van der Waals surface area contributed by atoms with E-state index in [9.17, 15) is 9.59 Å². The van der Waals surface area contributed by atoms with Crippen molar-refractivity contribution in [3.63, 3.8) is 0 Å². The lowest BCUT2D eigenvalue weighted by Gasteiger charge is -2.38. The van der Waals surface area contributed by atoms with Crippen LogP contribution in [0.2, 0.25) is 0 Å². The molecule has 0 radical (unpaired) electrons. The number of aryl methyl sites for hydroxylation is 1. The van der Waals surface area contributed by atoms with Crippen molar-refractivity contribution in [1.82, 2.24) is 15.2 Å². The number of nitrogens with one attached hydrogen (secondary N) is 3. The van der Waals surface area contributed by atoms with Crippen LogP contribution in [0.4, 0.5) is 5.69 Å². The van der Waals surface area contributed by atoms with Crippen LogP contribution in [-0.2, 0) is 6.42 Å². The Bertz CT molecular complexity index is 1090. The van der Waals surface area contributed by atoms with Crippen LogP contribution in [0.15, 0.2) is 66.9 Å². The Hall–Kier alpha value is -3.54. The van der Waals surface area contributed by atoms with E-state index in [1.165, 1.54) is 5.56 Å². The molecule has 0 saturated carbocycles. The molecular formula is C25H26N4O2. The highest BCUT2D eigenvalue weighted by Crippen LogP contribution is 2.33. The topological polar surface area (TPSA) is 77.2 Å². The number of nitrogens with zero attached hydrogens (tertiary/aromatic N) is 1. The molecular weight excluding hydrogens is 388 g/mol. The summed E-state index contributed by atoms with van der Waals surface area (Å²) < 4.78 is 0. The Labute approximate surface area is 181 Å². The van der Waals surface area contributed by atoms with Gasteiger partial charge >= 0.3 is 0 Å². The largest absolute Gasteiger partial charge is 0.362 e. The number of likely N-dealkylation sites (tertiary alicyclic amines) is 1. The van der Waals surface area contributed by atoms with Gasteiger partial charge in [0.15, 0.2) is 0 Å². The molecule has 2 amide bonds. The third-order valence-corrected chi connectivity index (χ3v) is 6.40. The minimum atomic E-state index is -0.346. The first-order valence-corrected chi connectivity index (χ1v) is 10.8. The summed E-state index contributed by atoms with van der Waals surface area (Å²) in [6.07, 6.45) is 3.16. The third kappa shape index (κ3) is 3.69. The number of hydrogen-bond acceptors (Lipinski definition) is 3. The van der Waals surface area contributed by atoms with Crippen molar-refractivity contribution in [2.24, 2.45) is 5.92 Å². The van der Waals surface area contributed by atoms with Crippen LogP contribution in [0.25, 0.3) is 0 Å². The molecule has 3 heterocycles. The first-order valence-electron chi connectivity index (χ1n) is 10.8. The summed E-state index contributed by atoms with van der Waals surface area (Å²) in [4.78, 5) is 31.1. The van der Waals surface area contributed by atoms with Gasteiger partial charge in [-0.25, -0.2) is 0 Å². The molecule has 3 atom stereocenters. The lowest BCUT2D eigenvalue weighted by Crippen LogP contribution is -2.58. The number of carbonyl (C=O) groups is 2. The number of H-pyrrole nitrogens is 1. The number of fused-ring (bicyclic) bond motifs is 1. The van der Waals surface area contributed by atoms with E-state index in [0.717, 1.165) is 24.1 Å². The molecule has 0 aliphatic carbocycles. The average Bonchev–Trinajstić information content (AvgIpc) is 3.42. The molecule has 6 heteroatoms. The highest BCUT2D eigenvalue weighted by molar-refractivity contribution is 6.00. The Morgan fingerprint density at radius 3 is 2.58 bits per heavy atom. The monoisotopic (exact) mass is 414 g/mol. The standard InChI is InChI=1S/C25H26N4O2/c1-16-7-9-18(10-8-16)25(31)29-14-12-19(15-17-5-3-2-4-6-17)22(29)23-27-20-11-13-26-21(20)24(30)28-23/h2-11,13,19,22-23,26-27H,12,14-15H2,1H3,(H,28,30). The third-order valence-electron chi connectivity index (χ3n) is 6.40. The zero-order valence-electron chi connectivity index (χ0n) is 17.5. The van der Waals surface area contributed by atoms with Gasteiger partial charge in [-0.2, -0.15) is 0 Å². The Morgan fingerprint density at radius 2 is 1.81 bits per heavy atom. The van der Waals surface area contributed by atoms with E-state index in [0.29, 0.717) is 17.8 Å². The van der Waals surface area contributed by atoms with E-state index in [1.807, 2.05) is 60.4 Å². The van der Waals surface area contributed by atoms with Crippen LogP contribution in [0.5, 0.6) is 0 Å².